The summed E-state index contributed by atoms with van der Waals surface area (Å²) in [4.78, 5) is 0. The van der Waals surface area contributed by atoms with Crippen LogP contribution in [0.5, 0.6) is 5.75 Å². The lowest BCUT2D eigenvalue weighted by atomic mass is 9.90. The van der Waals surface area contributed by atoms with Gasteiger partial charge in [-0.2, -0.15) is 17.7 Å². The molecule has 96 valence electrons. The van der Waals surface area contributed by atoms with E-state index in [2.05, 4.69) is 24.7 Å². The van der Waals surface area contributed by atoms with Crippen molar-refractivity contribution in [3.05, 3.63) is 11.4 Å². The predicted molar refractivity (Wildman–Crippen MR) is 72.9 cm³/mol. The predicted octanol–water partition coefficient (Wildman–Crippen LogP) is 2.91. The van der Waals surface area contributed by atoms with Gasteiger partial charge in [0.15, 0.2) is 5.75 Å². The lowest BCUT2D eigenvalue weighted by Gasteiger charge is -2.26. The summed E-state index contributed by atoms with van der Waals surface area (Å²) in [7, 11) is 1.96. The Morgan fingerprint density at radius 2 is 2.00 bits per heavy atom. The highest BCUT2D eigenvalue weighted by molar-refractivity contribution is 7.80. The molecule has 0 aliphatic heterocycles. The molecular weight excluding hydrogens is 232 g/mol. The number of aromatic nitrogens is 2. The minimum absolute atomic E-state index is 0.290. The lowest BCUT2D eigenvalue weighted by molar-refractivity contribution is 0.171. The molecule has 3 nitrogen and oxygen atoms in total. The Morgan fingerprint density at radius 1 is 1.35 bits per heavy atom. The molecule has 0 N–H and O–H groups in total. The van der Waals surface area contributed by atoms with E-state index in [-0.39, 0.29) is 5.41 Å². The number of ether oxygens (including phenoxy) is 1. The SMILES string of the molecule is Cc1nn(C)c(C)c1OCC1(CS)CCCC1. The van der Waals surface area contributed by atoms with Gasteiger partial charge in [0, 0.05) is 12.5 Å². The molecule has 1 aromatic heterocycles. The van der Waals surface area contributed by atoms with Crippen molar-refractivity contribution in [2.24, 2.45) is 12.5 Å². The third-order valence-electron chi connectivity index (χ3n) is 3.96. The Bertz CT molecular complexity index is 394. The average Bonchev–Trinajstić information content (AvgIpc) is 2.86. The number of hydrogen-bond acceptors (Lipinski definition) is 3. The van der Waals surface area contributed by atoms with Gasteiger partial charge in [-0.15, -0.1) is 0 Å². The van der Waals surface area contributed by atoms with Crippen molar-refractivity contribution in [1.29, 1.82) is 0 Å². The van der Waals surface area contributed by atoms with Crippen LogP contribution in [0.2, 0.25) is 0 Å². The van der Waals surface area contributed by atoms with Crippen LogP contribution in [-0.2, 0) is 7.05 Å². The summed E-state index contributed by atoms with van der Waals surface area (Å²) in [6, 6.07) is 0. The zero-order chi connectivity index (χ0) is 12.5. The van der Waals surface area contributed by atoms with Gasteiger partial charge in [-0.1, -0.05) is 12.8 Å². The second kappa shape index (κ2) is 4.92. The highest BCUT2D eigenvalue weighted by Crippen LogP contribution is 2.39. The van der Waals surface area contributed by atoms with Crippen LogP contribution in [0.25, 0.3) is 0 Å². The van der Waals surface area contributed by atoms with E-state index in [9.17, 15) is 0 Å². The monoisotopic (exact) mass is 254 g/mol. The second-order valence-electron chi connectivity index (χ2n) is 5.28. The molecule has 1 aromatic rings. The van der Waals surface area contributed by atoms with E-state index in [1.807, 2.05) is 18.7 Å². The van der Waals surface area contributed by atoms with E-state index in [1.165, 1.54) is 25.7 Å². The highest BCUT2D eigenvalue weighted by Gasteiger charge is 2.33. The van der Waals surface area contributed by atoms with Gasteiger partial charge in [-0.3, -0.25) is 4.68 Å². The summed E-state index contributed by atoms with van der Waals surface area (Å²) < 4.78 is 7.92. The Morgan fingerprint density at radius 3 is 2.47 bits per heavy atom. The van der Waals surface area contributed by atoms with Gasteiger partial charge in [0.2, 0.25) is 0 Å². The van der Waals surface area contributed by atoms with Gasteiger partial charge < -0.3 is 4.74 Å². The molecule has 0 bridgehead atoms. The molecule has 1 aliphatic rings. The zero-order valence-corrected chi connectivity index (χ0v) is 11.9. The fraction of sp³-hybridized carbons (Fsp3) is 0.769. The molecule has 0 amide bonds. The fourth-order valence-electron chi connectivity index (χ4n) is 2.66. The average molecular weight is 254 g/mol. The van der Waals surface area contributed by atoms with Crippen LogP contribution in [0.4, 0.5) is 0 Å². The standard InChI is InChI=1S/C13H22N2OS/c1-10-12(11(2)15(3)14-10)16-8-13(9-17)6-4-5-7-13/h17H,4-9H2,1-3H3. The Hall–Kier alpha value is -0.640. The third-order valence-corrected chi connectivity index (χ3v) is 4.64. The topological polar surface area (TPSA) is 27.1 Å². The van der Waals surface area contributed by atoms with Crippen LogP contribution in [0.1, 0.15) is 37.1 Å². The summed E-state index contributed by atoms with van der Waals surface area (Å²) in [5.41, 5.74) is 2.38. The first-order chi connectivity index (χ1) is 8.08. The van der Waals surface area contributed by atoms with E-state index in [0.29, 0.717) is 0 Å². The van der Waals surface area contributed by atoms with Crippen molar-refractivity contribution >= 4 is 12.6 Å². The zero-order valence-electron chi connectivity index (χ0n) is 11.0. The van der Waals surface area contributed by atoms with Gasteiger partial charge in [0.1, 0.15) is 5.69 Å². The first-order valence-electron chi connectivity index (χ1n) is 6.32. The van der Waals surface area contributed by atoms with Gasteiger partial charge in [0.25, 0.3) is 0 Å². The molecule has 2 rings (SSSR count). The molecule has 1 saturated carbocycles. The van der Waals surface area contributed by atoms with Crippen LogP contribution in [0, 0.1) is 19.3 Å². The summed E-state index contributed by atoms with van der Waals surface area (Å²) in [5, 5.41) is 4.38. The minimum Gasteiger partial charge on any atom is -0.489 e. The van der Waals surface area contributed by atoms with Crippen molar-refractivity contribution in [3.63, 3.8) is 0 Å². The summed E-state index contributed by atoms with van der Waals surface area (Å²) in [6.07, 6.45) is 5.12. The van der Waals surface area contributed by atoms with E-state index < -0.39 is 0 Å². The van der Waals surface area contributed by atoms with Crippen molar-refractivity contribution in [2.75, 3.05) is 12.4 Å². The number of thiol groups is 1. The van der Waals surface area contributed by atoms with E-state index in [0.717, 1.165) is 29.5 Å². The van der Waals surface area contributed by atoms with Crippen LogP contribution in [-0.4, -0.2) is 22.1 Å². The van der Waals surface area contributed by atoms with Gasteiger partial charge in [-0.25, -0.2) is 0 Å². The van der Waals surface area contributed by atoms with Crippen molar-refractivity contribution in [1.82, 2.24) is 9.78 Å². The largest absolute Gasteiger partial charge is 0.489 e. The van der Waals surface area contributed by atoms with Crippen molar-refractivity contribution < 1.29 is 4.74 Å². The number of rotatable bonds is 4. The molecule has 0 atom stereocenters. The quantitative estimate of drug-likeness (QED) is 0.836. The number of nitrogens with zero attached hydrogens (tertiary/aromatic N) is 2. The molecule has 1 heterocycles. The van der Waals surface area contributed by atoms with Crippen molar-refractivity contribution in [3.8, 4) is 5.75 Å². The second-order valence-corrected chi connectivity index (χ2v) is 5.59. The number of aryl methyl sites for hydroxylation is 2. The van der Waals surface area contributed by atoms with Crippen LogP contribution < -0.4 is 4.74 Å². The van der Waals surface area contributed by atoms with Gasteiger partial charge in [-0.05, 0) is 32.4 Å². The van der Waals surface area contributed by atoms with Crippen molar-refractivity contribution in [2.45, 2.75) is 39.5 Å². The maximum atomic E-state index is 6.03. The van der Waals surface area contributed by atoms with Crippen LogP contribution in [0.3, 0.4) is 0 Å². The Kier molecular flexibility index (Phi) is 3.71. The maximum absolute atomic E-state index is 6.03. The molecule has 0 saturated heterocycles. The normalized spacial score (nSPS) is 18.6. The molecule has 0 aromatic carbocycles. The van der Waals surface area contributed by atoms with Crippen LogP contribution >= 0.6 is 12.6 Å². The molecule has 1 fully saturated rings. The molecule has 1 aliphatic carbocycles. The smallest absolute Gasteiger partial charge is 0.162 e. The third kappa shape index (κ3) is 2.46. The lowest BCUT2D eigenvalue weighted by Crippen LogP contribution is -2.27. The van der Waals surface area contributed by atoms with Gasteiger partial charge >= 0.3 is 0 Å². The fourth-order valence-corrected chi connectivity index (χ4v) is 3.07. The summed E-state index contributed by atoms with van der Waals surface area (Å²) >= 11 is 4.50. The minimum atomic E-state index is 0.290. The molecule has 0 radical (unpaired) electrons. The number of hydrogen-bond donors (Lipinski definition) is 1. The van der Waals surface area contributed by atoms with E-state index in [1.54, 1.807) is 0 Å². The van der Waals surface area contributed by atoms with Gasteiger partial charge in [0.05, 0.1) is 12.3 Å². The highest BCUT2D eigenvalue weighted by atomic mass is 32.1. The molecule has 0 unspecified atom stereocenters. The van der Waals surface area contributed by atoms with Crippen LogP contribution in [0.15, 0.2) is 0 Å². The summed E-state index contributed by atoms with van der Waals surface area (Å²) in [5.74, 6) is 1.88. The molecular formula is C13H22N2OS. The first kappa shape index (κ1) is 12.8. The Labute approximate surface area is 109 Å². The maximum Gasteiger partial charge on any atom is 0.162 e. The first-order valence-corrected chi connectivity index (χ1v) is 6.95. The molecule has 4 heteroatoms. The van der Waals surface area contributed by atoms with E-state index >= 15 is 0 Å². The summed E-state index contributed by atoms with van der Waals surface area (Å²) in [6.45, 7) is 4.84. The van der Waals surface area contributed by atoms with E-state index in [4.69, 9.17) is 4.74 Å². The molecule has 0 spiro atoms. The Balaban J connectivity index is 2.06. The molecule has 17 heavy (non-hydrogen) atoms.